The Kier molecular flexibility index (Phi) is 7.98. The molecule has 1 aromatic rings. The number of hydrogen-bond donors (Lipinski definition) is 6. The summed E-state index contributed by atoms with van der Waals surface area (Å²) in [5.74, 6) is -0.589. The summed E-state index contributed by atoms with van der Waals surface area (Å²) in [6.07, 6.45) is -6.19. The molecule has 0 radical (unpaired) electrons. The van der Waals surface area contributed by atoms with E-state index in [1.165, 1.54) is 13.2 Å². The lowest BCUT2D eigenvalue weighted by atomic mass is 10.0. The van der Waals surface area contributed by atoms with E-state index in [-0.39, 0.29) is 11.3 Å². The molecular formula is C12H18FO14P3. The SMILES string of the molecule is COc1ccc(F)cc1[C@@H]1O[C@H](COP(=O)(O)OP(=O)(O)OP(=O)(O)O)[C@H](O)C1O. The van der Waals surface area contributed by atoms with E-state index < -0.39 is 60.3 Å². The van der Waals surface area contributed by atoms with Gasteiger partial charge in [-0.3, -0.25) is 4.52 Å². The molecule has 1 heterocycles. The summed E-state index contributed by atoms with van der Waals surface area (Å²) in [7, 11) is -15.5. The van der Waals surface area contributed by atoms with Gasteiger partial charge < -0.3 is 39.3 Å². The molecule has 1 aliphatic rings. The Bertz CT molecular complexity index is 904. The maximum atomic E-state index is 13.6. The first kappa shape index (κ1) is 25.5. The summed E-state index contributed by atoms with van der Waals surface area (Å²) in [6.45, 7) is -0.990. The Morgan fingerprint density at radius 3 is 2.23 bits per heavy atom. The number of aliphatic hydroxyl groups is 2. The quantitative estimate of drug-likeness (QED) is 0.253. The number of phosphoric acid groups is 3. The smallest absolute Gasteiger partial charge is 0.490 e. The highest BCUT2D eigenvalue weighted by Crippen LogP contribution is 2.66. The van der Waals surface area contributed by atoms with Gasteiger partial charge in [-0.25, -0.2) is 18.1 Å². The van der Waals surface area contributed by atoms with E-state index in [2.05, 4.69) is 13.1 Å². The Hall–Kier alpha value is -0.760. The summed E-state index contributed by atoms with van der Waals surface area (Å²) < 4.78 is 69.0. The molecule has 172 valence electrons. The molecule has 1 saturated heterocycles. The van der Waals surface area contributed by atoms with Crippen molar-refractivity contribution in [3.8, 4) is 5.75 Å². The molecule has 0 spiro atoms. The number of hydrogen-bond acceptors (Lipinski definition) is 10. The van der Waals surface area contributed by atoms with E-state index in [1.54, 1.807) is 0 Å². The topological polar surface area (TPSA) is 219 Å². The molecule has 6 N–H and O–H groups in total. The molecule has 0 aliphatic carbocycles. The van der Waals surface area contributed by atoms with Gasteiger partial charge in [0.1, 0.15) is 36.0 Å². The van der Waals surface area contributed by atoms with Crippen LogP contribution in [0.2, 0.25) is 0 Å². The van der Waals surface area contributed by atoms with Crippen LogP contribution in [0.5, 0.6) is 5.75 Å². The van der Waals surface area contributed by atoms with Gasteiger partial charge in [-0.05, 0) is 18.2 Å². The van der Waals surface area contributed by atoms with Gasteiger partial charge in [0.05, 0.1) is 13.7 Å². The molecule has 18 heteroatoms. The van der Waals surface area contributed by atoms with Crippen LogP contribution in [0.1, 0.15) is 11.7 Å². The van der Waals surface area contributed by atoms with Crippen LogP contribution in [0.3, 0.4) is 0 Å². The van der Waals surface area contributed by atoms with Gasteiger partial charge in [0.15, 0.2) is 0 Å². The number of halogens is 1. The van der Waals surface area contributed by atoms with Crippen molar-refractivity contribution in [3.63, 3.8) is 0 Å². The molecule has 0 bridgehead atoms. The highest BCUT2D eigenvalue weighted by Gasteiger charge is 2.47. The molecule has 6 atom stereocenters. The molecule has 1 aromatic carbocycles. The van der Waals surface area contributed by atoms with E-state index in [4.69, 9.17) is 24.2 Å². The second-order valence-electron chi connectivity index (χ2n) is 5.85. The fourth-order valence-electron chi connectivity index (χ4n) is 2.54. The first-order valence-electron chi connectivity index (χ1n) is 7.77. The summed E-state index contributed by atoms with van der Waals surface area (Å²) in [4.78, 5) is 35.4. The molecule has 0 aromatic heterocycles. The van der Waals surface area contributed by atoms with Crippen LogP contribution < -0.4 is 4.74 Å². The molecule has 3 unspecified atom stereocenters. The van der Waals surface area contributed by atoms with Crippen molar-refractivity contribution in [2.24, 2.45) is 0 Å². The zero-order valence-corrected chi connectivity index (χ0v) is 17.6. The molecule has 2 rings (SSSR count). The van der Waals surface area contributed by atoms with Crippen LogP contribution in [-0.2, 0) is 31.6 Å². The summed E-state index contributed by atoms with van der Waals surface area (Å²) >= 11 is 0. The van der Waals surface area contributed by atoms with Gasteiger partial charge in [0, 0.05) is 5.56 Å². The van der Waals surface area contributed by atoms with Crippen molar-refractivity contribution < 1.29 is 70.5 Å². The van der Waals surface area contributed by atoms with E-state index in [0.717, 1.165) is 12.1 Å². The normalized spacial score (nSPS) is 28.7. The van der Waals surface area contributed by atoms with Gasteiger partial charge in [-0.1, -0.05) is 0 Å². The van der Waals surface area contributed by atoms with Crippen molar-refractivity contribution in [1.29, 1.82) is 0 Å². The lowest BCUT2D eigenvalue weighted by molar-refractivity contribution is -0.0228. The largest absolute Gasteiger partial charge is 0.496 e. The predicted molar refractivity (Wildman–Crippen MR) is 92.4 cm³/mol. The fourth-order valence-corrected chi connectivity index (χ4v) is 5.57. The molecule has 1 fully saturated rings. The third kappa shape index (κ3) is 6.87. The molecule has 14 nitrogen and oxygen atoms in total. The van der Waals surface area contributed by atoms with E-state index >= 15 is 0 Å². The Labute approximate surface area is 168 Å². The summed E-state index contributed by atoms with van der Waals surface area (Å²) in [5.41, 5.74) is 0.0184. The maximum absolute atomic E-state index is 13.6. The van der Waals surface area contributed by atoms with Crippen molar-refractivity contribution >= 4 is 23.5 Å². The maximum Gasteiger partial charge on any atom is 0.490 e. The first-order chi connectivity index (χ1) is 13.6. The van der Waals surface area contributed by atoms with Crippen molar-refractivity contribution in [3.05, 3.63) is 29.6 Å². The monoisotopic (exact) mass is 498 g/mol. The second kappa shape index (κ2) is 9.39. The Morgan fingerprint density at radius 1 is 1.03 bits per heavy atom. The van der Waals surface area contributed by atoms with Gasteiger partial charge in [-0.15, -0.1) is 0 Å². The number of aliphatic hydroxyl groups excluding tert-OH is 2. The minimum atomic E-state index is -5.71. The van der Waals surface area contributed by atoms with Crippen LogP contribution in [0.25, 0.3) is 0 Å². The molecule has 30 heavy (non-hydrogen) atoms. The van der Waals surface area contributed by atoms with Crippen molar-refractivity contribution in [2.75, 3.05) is 13.7 Å². The van der Waals surface area contributed by atoms with Crippen molar-refractivity contribution in [2.45, 2.75) is 24.4 Å². The van der Waals surface area contributed by atoms with Crippen LogP contribution in [-0.4, -0.2) is 61.8 Å². The molecule has 1 aliphatic heterocycles. The molecule has 0 saturated carbocycles. The lowest BCUT2D eigenvalue weighted by Crippen LogP contribution is -2.33. The van der Waals surface area contributed by atoms with Crippen LogP contribution >= 0.6 is 23.5 Å². The van der Waals surface area contributed by atoms with Crippen LogP contribution in [0.15, 0.2) is 18.2 Å². The zero-order valence-electron chi connectivity index (χ0n) is 14.9. The van der Waals surface area contributed by atoms with E-state index in [1.807, 2.05) is 0 Å². The number of phosphoric ester groups is 1. The number of methoxy groups -OCH3 is 1. The molecular weight excluding hydrogens is 480 g/mol. The van der Waals surface area contributed by atoms with Crippen LogP contribution in [0.4, 0.5) is 4.39 Å². The average molecular weight is 498 g/mol. The van der Waals surface area contributed by atoms with Crippen LogP contribution in [0, 0.1) is 5.82 Å². The standard InChI is InChI=1S/C12H18FO14P3/c1-23-8-3-2-6(13)4-7(8)12-11(15)10(14)9(25-12)5-24-29(19,20)27-30(21,22)26-28(16,17)18/h2-4,9-12,14-15H,5H2,1H3,(H,19,20)(H,21,22)(H2,16,17,18)/t9-,10+,11?,12+/m1/s1. The number of rotatable bonds is 9. The third-order valence-corrected chi connectivity index (χ3v) is 7.48. The van der Waals surface area contributed by atoms with Gasteiger partial charge >= 0.3 is 23.5 Å². The average Bonchev–Trinajstić information content (AvgIpc) is 2.85. The first-order valence-corrected chi connectivity index (χ1v) is 12.3. The predicted octanol–water partition coefficient (Wildman–Crippen LogP) is 0.339. The summed E-state index contributed by atoms with van der Waals surface area (Å²) in [6, 6.07) is 3.30. The van der Waals surface area contributed by atoms with E-state index in [0.29, 0.717) is 0 Å². The third-order valence-electron chi connectivity index (χ3n) is 3.68. The lowest BCUT2D eigenvalue weighted by Gasteiger charge is -2.19. The number of benzene rings is 1. The fraction of sp³-hybridized carbons (Fsp3) is 0.500. The van der Waals surface area contributed by atoms with Gasteiger partial charge in [0.2, 0.25) is 0 Å². The second-order valence-corrected chi connectivity index (χ2v) is 10.3. The zero-order chi connectivity index (χ0) is 22.9. The van der Waals surface area contributed by atoms with Gasteiger partial charge in [0.25, 0.3) is 0 Å². The number of ether oxygens (including phenoxy) is 2. The van der Waals surface area contributed by atoms with Gasteiger partial charge in [-0.2, -0.15) is 8.62 Å². The van der Waals surface area contributed by atoms with Crippen molar-refractivity contribution in [1.82, 2.24) is 0 Å². The van der Waals surface area contributed by atoms with E-state index in [9.17, 15) is 33.2 Å². The summed E-state index contributed by atoms with van der Waals surface area (Å²) in [5, 5.41) is 20.2. The molecule has 0 amide bonds. The highest BCUT2D eigenvalue weighted by atomic mass is 31.3. The Balaban J connectivity index is 2.08. The minimum absolute atomic E-state index is 0.0184. The highest BCUT2D eigenvalue weighted by molar-refractivity contribution is 7.66. The Morgan fingerprint density at radius 2 is 1.67 bits per heavy atom. The minimum Gasteiger partial charge on any atom is -0.496 e.